The molecule has 0 radical (unpaired) electrons. The number of fused-ring (bicyclic) bond motifs is 2. The number of ketones is 1. The van der Waals surface area contributed by atoms with Crippen molar-refractivity contribution in [2.45, 2.75) is 40.2 Å². The van der Waals surface area contributed by atoms with Crippen LogP contribution in [-0.4, -0.2) is 10.7 Å². The molecule has 6 nitrogen and oxygen atoms in total. The number of carbonyl (C=O) groups is 1. The average Bonchev–Trinajstić information content (AvgIpc) is 2.78. The van der Waals surface area contributed by atoms with Crippen LogP contribution in [0, 0.1) is 35.3 Å². The number of benzene rings is 2. The van der Waals surface area contributed by atoms with E-state index in [1.807, 2.05) is 33.8 Å². The summed E-state index contributed by atoms with van der Waals surface area (Å²) >= 11 is 6.03. The van der Waals surface area contributed by atoms with E-state index in [4.69, 9.17) is 11.6 Å². The van der Waals surface area contributed by atoms with Gasteiger partial charge in [-0.1, -0.05) is 37.6 Å². The number of nitrogens with one attached hydrogen (secondary N) is 2. The molecule has 0 saturated carbocycles. The highest BCUT2D eigenvalue weighted by Gasteiger charge is 2.42. The number of hydrogen-bond acceptors (Lipinski definition) is 5. The van der Waals surface area contributed by atoms with Crippen LogP contribution < -0.4 is 10.6 Å². The van der Waals surface area contributed by atoms with Crippen molar-refractivity contribution in [2.24, 2.45) is 11.3 Å². The monoisotopic (exact) mass is 425 g/mol. The van der Waals surface area contributed by atoms with Gasteiger partial charge in [-0.2, -0.15) is 0 Å². The first-order valence-electron chi connectivity index (χ1n) is 9.90. The van der Waals surface area contributed by atoms with Crippen LogP contribution in [0.5, 0.6) is 0 Å². The minimum atomic E-state index is -0.495. The molecule has 156 valence electrons. The van der Waals surface area contributed by atoms with E-state index in [9.17, 15) is 14.9 Å². The van der Waals surface area contributed by atoms with Crippen molar-refractivity contribution in [2.75, 3.05) is 10.6 Å². The Labute approximate surface area is 180 Å². The molecule has 1 aliphatic carbocycles. The highest BCUT2D eigenvalue weighted by molar-refractivity contribution is 6.32. The molecule has 0 bridgehead atoms. The second kappa shape index (κ2) is 7.13. The fourth-order valence-electron chi connectivity index (χ4n) is 4.36. The third kappa shape index (κ3) is 3.56. The number of allylic oxidation sites excluding steroid dienone is 1. The first kappa shape index (κ1) is 20.4. The Morgan fingerprint density at radius 3 is 2.47 bits per heavy atom. The molecule has 1 aliphatic heterocycles. The largest absolute Gasteiger partial charge is 0.375 e. The number of nitro groups is 1. The van der Waals surface area contributed by atoms with E-state index in [-0.39, 0.29) is 21.9 Å². The van der Waals surface area contributed by atoms with Crippen LogP contribution in [0.3, 0.4) is 0 Å². The number of nitro benzene ring substituents is 1. The van der Waals surface area contributed by atoms with Gasteiger partial charge < -0.3 is 10.6 Å². The molecule has 30 heavy (non-hydrogen) atoms. The van der Waals surface area contributed by atoms with Gasteiger partial charge in [0.2, 0.25) is 0 Å². The normalized spacial score (nSPS) is 22.0. The van der Waals surface area contributed by atoms with E-state index in [2.05, 4.69) is 22.8 Å². The molecule has 7 heteroatoms. The Hall–Kier alpha value is -2.86. The minimum Gasteiger partial charge on any atom is -0.375 e. The Morgan fingerprint density at radius 1 is 1.13 bits per heavy atom. The zero-order chi connectivity index (χ0) is 21.8. The number of hydrogen-bond donors (Lipinski definition) is 2. The average molecular weight is 426 g/mol. The lowest BCUT2D eigenvalue weighted by Crippen LogP contribution is -2.36. The van der Waals surface area contributed by atoms with Gasteiger partial charge >= 0.3 is 0 Å². The van der Waals surface area contributed by atoms with Gasteiger partial charge in [0.15, 0.2) is 0 Å². The van der Waals surface area contributed by atoms with Crippen molar-refractivity contribution in [1.82, 2.24) is 0 Å². The Kier molecular flexibility index (Phi) is 4.85. The predicted octanol–water partition coefficient (Wildman–Crippen LogP) is 5.94. The molecule has 2 aromatic carbocycles. The summed E-state index contributed by atoms with van der Waals surface area (Å²) in [5.74, 6) is -0.381. The number of nitrogens with zero attached hydrogens (tertiary/aromatic N) is 1. The number of halogens is 1. The predicted molar refractivity (Wildman–Crippen MR) is 119 cm³/mol. The fraction of sp³-hybridized carbons (Fsp3) is 0.348. The third-order valence-corrected chi connectivity index (χ3v) is 6.26. The van der Waals surface area contributed by atoms with Crippen molar-refractivity contribution in [3.05, 3.63) is 73.9 Å². The summed E-state index contributed by atoms with van der Waals surface area (Å²) in [5, 5.41) is 18.5. The molecule has 0 amide bonds. The number of carbonyl (C=O) groups excluding carboxylic acids is 1. The lowest BCUT2D eigenvalue weighted by Gasteiger charge is -2.35. The van der Waals surface area contributed by atoms with Gasteiger partial charge in [-0.3, -0.25) is 14.9 Å². The maximum Gasteiger partial charge on any atom is 0.288 e. The summed E-state index contributed by atoms with van der Waals surface area (Å²) in [5.41, 5.74) is 5.07. The van der Waals surface area contributed by atoms with Gasteiger partial charge in [-0.15, -0.1) is 0 Å². The highest BCUT2D eigenvalue weighted by Crippen LogP contribution is 2.46. The van der Waals surface area contributed by atoms with E-state index >= 15 is 0 Å². The standard InChI is InChI=1S/C23H24ClN3O3/c1-12-7-16-17(8-13(12)2)26-22(14-5-6-15(24)19(9-14)27(29)30)21-18(25-16)10-23(3,4)11-20(21)28/h5-10,21-22,25-26H,11H2,1-4H3. The smallest absolute Gasteiger partial charge is 0.288 e. The van der Waals surface area contributed by atoms with Crippen molar-refractivity contribution >= 4 is 34.4 Å². The number of aryl methyl sites for hydroxylation is 2. The van der Waals surface area contributed by atoms with E-state index in [1.165, 1.54) is 12.1 Å². The summed E-state index contributed by atoms with van der Waals surface area (Å²) in [6.45, 7) is 8.16. The minimum absolute atomic E-state index is 0.0780. The Morgan fingerprint density at radius 2 is 1.80 bits per heavy atom. The molecule has 0 fully saturated rings. The molecule has 2 atom stereocenters. The third-order valence-electron chi connectivity index (χ3n) is 5.94. The summed E-state index contributed by atoms with van der Waals surface area (Å²) < 4.78 is 0. The molecular weight excluding hydrogens is 402 g/mol. The van der Waals surface area contributed by atoms with Gasteiger partial charge in [0.1, 0.15) is 10.8 Å². The Bertz CT molecular complexity index is 1110. The van der Waals surface area contributed by atoms with E-state index in [1.54, 1.807) is 6.07 Å². The second-order valence-electron chi connectivity index (χ2n) is 8.91. The first-order chi connectivity index (χ1) is 14.1. The van der Waals surface area contributed by atoms with Crippen LogP contribution >= 0.6 is 11.6 Å². The van der Waals surface area contributed by atoms with Gasteiger partial charge in [0.25, 0.3) is 5.69 Å². The van der Waals surface area contributed by atoms with E-state index in [0.29, 0.717) is 12.0 Å². The van der Waals surface area contributed by atoms with Crippen molar-refractivity contribution in [3.8, 4) is 0 Å². The maximum absolute atomic E-state index is 13.3. The molecule has 2 aromatic rings. The molecule has 0 aromatic heterocycles. The molecule has 0 spiro atoms. The second-order valence-corrected chi connectivity index (χ2v) is 9.31. The van der Waals surface area contributed by atoms with Gasteiger partial charge in [0.05, 0.1) is 28.3 Å². The number of anilines is 2. The quantitative estimate of drug-likeness (QED) is 0.459. The number of Topliss-reactive ketones (excluding diaryl/α,β-unsaturated/α-hetero) is 1. The zero-order valence-electron chi connectivity index (χ0n) is 17.4. The lowest BCUT2D eigenvalue weighted by molar-refractivity contribution is -0.384. The molecule has 2 N–H and O–H groups in total. The van der Waals surface area contributed by atoms with Gasteiger partial charge in [-0.25, -0.2) is 0 Å². The molecule has 2 aliphatic rings. The van der Waals surface area contributed by atoms with Gasteiger partial charge in [-0.05, 0) is 54.2 Å². The topological polar surface area (TPSA) is 84.3 Å². The van der Waals surface area contributed by atoms with Crippen molar-refractivity contribution in [3.63, 3.8) is 0 Å². The van der Waals surface area contributed by atoms with Crippen LogP contribution in [0.2, 0.25) is 5.02 Å². The van der Waals surface area contributed by atoms with Crippen LogP contribution in [-0.2, 0) is 4.79 Å². The van der Waals surface area contributed by atoms with Gasteiger partial charge in [0, 0.05) is 18.2 Å². The summed E-state index contributed by atoms with van der Waals surface area (Å²) in [6.07, 6.45) is 2.52. The maximum atomic E-state index is 13.3. The number of rotatable bonds is 2. The molecule has 0 saturated heterocycles. The Balaban J connectivity index is 1.92. The molecule has 2 unspecified atom stereocenters. The molecule has 1 heterocycles. The van der Waals surface area contributed by atoms with Crippen LogP contribution in [0.4, 0.5) is 17.1 Å². The van der Waals surface area contributed by atoms with Crippen LogP contribution in [0.1, 0.15) is 43.0 Å². The lowest BCUT2D eigenvalue weighted by atomic mass is 9.72. The van der Waals surface area contributed by atoms with Crippen molar-refractivity contribution in [1.29, 1.82) is 0 Å². The molecule has 4 rings (SSSR count). The SMILES string of the molecule is Cc1cc2c(cc1C)NC(c1ccc(Cl)c([N+](=O)[O-])c1)C1C(=O)CC(C)(C)C=C1N2. The first-order valence-corrected chi connectivity index (χ1v) is 10.3. The highest BCUT2D eigenvalue weighted by atomic mass is 35.5. The zero-order valence-corrected chi connectivity index (χ0v) is 18.1. The van der Waals surface area contributed by atoms with Crippen LogP contribution in [0.15, 0.2) is 42.1 Å². The summed E-state index contributed by atoms with van der Waals surface area (Å²) in [7, 11) is 0. The summed E-state index contributed by atoms with van der Waals surface area (Å²) in [6, 6.07) is 8.40. The molecular formula is C23H24ClN3O3. The van der Waals surface area contributed by atoms with E-state index in [0.717, 1.165) is 28.2 Å². The van der Waals surface area contributed by atoms with E-state index < -0.39 is 16.9 Å². The van der Waals surface area contributed by atoms with Crippen LogP contribution in [0.25, 0.3) is 0 Å². The summed E-state index contributed by atoms with van der Waals surface area (Å²) in [4.78, 5) is 24.2. The fourth-order valence-corrected chi connectivity index (χ4v) is 4.54. The van der Waals surface area contributed by atoms with Crippen molar-refractivity contribution < 1.29 is 9.72 Å².